The smallest absolute Gasteiger partial charge is 0.231 e. The van der Waals surface area contributed by atoms with Crippen LogP contribution >= 0.6 is 22.7 Å². The van der Waals surface area contributed by atoms with Gasteiger partial charge in [0.2, 0.25) is 5.91 Å². The van der Waals surface area contributed by atoms with Gasteiger partial charge >= 0.3 is 0 Å². The van der Waals surface area contributed by atoms with Crippen LogP contribution in [0.15, 0.2) is 41.1 Å². The Morgan fingerprint density at radius 2 is 2.17 bits per heavy atom. The maximum Gasteiger partial charge on any atom is 0.231 e. The molecule has 6 heteroatoms. The zero-order valence-corrected chi connectivity index (χ0v) is 14.5. The molecule has 3 aromatic rings. The zero-order valence-electron chi connectivity index (χ0n) is 12.8. The number of amides is 1. The number of nitrogens with one attached hydrogen (secondary N) is 1. The van der Waals surface area contributed by atoms with Crippen molar-refractivity contribution in [3.63, 3.8) is 0 Å². The molecule has 0 aliphatic heterocycles. The number of aryl methyl sites for hydroxylation is 1. The first-order valence-corrected chi connectivity index (χ1v) is 8.84. The van der Waals surface area contributed by atoms with Crippen molar-refractivity contribution >= 4 is 33.7 Å². The number of carbonyl (C=O) groups excluding carboxylic acids is 1. The number of nitrogens with zero attached hydrogens (tertiary/aromatic N) is 1. The van der Waals surface area contributed by atoms with Crippen molar-refractivity contribution in [3.8, 4) is 17.0 Å². The first kappa shape index (κ1) is 15.7. The van der Waals surface area contributed by atoms with Crippen LogP contribution in [0.2, 0.25) is 0 Å². The summed E-state index contributed by atoms with van der Waals surface area (Å²) in [4.78, 5) is 17.6. The number of ether oxygens (including phenoxy) is 1. The summed E-state index contributed by atoms with van der Waals surface area (Å²) in [6.07, 6.45) is 0.383. The molecule has 0 aliphatic rings. The van der Waals surface area contributed by atoms with Crippen LogP contribution < -0.4 is 10.1 Å². The minimum Gasteiger partial charge on any atom is -0.496 e. The number of hydrogen-bond donors (Lipinski definition) is 1. The molecule has 1 N–H and O–H groups in total. The number of methoxy groups -OCH3 is 1. The SMILES string of the molecule is COc1ccc(-c2csc(NC(=O)Cc3cccs3)n2)cc1C. The Labute approximate surface area is 142 Å². The Morgan fingerprint density at radius 3 is 2.87 bits per heavy atom. The normalized spacial score (nSPS) is 10.5. The van der Waals surface area contributed by atoms with Gasteiger partial charge in [0, 0.05) is 15.8 Å². The molecule has 0 fully saturated rings. The lowest BCUT2D eigenvalue weighted by Gasteiger charge is -2.05. The van der Waals surface area contributed by atoms with Crippen LogP contribution in [0.1, 0.15) is 10.4 Å². The molecular formula is C17H16N2O2S2. The van der Waals surface area contributed by atoms with E-state index in [4.69, 9.17) is 4.74 Å². The average molecular weight is 344 g/mol. The summed E-state index contributed by atoms with van der Waals surface area (Å²) in [6.45, 7) is 2.00. The predicted molar refractivity (Wildman–Crippen MR) is 95.5 cm³/mol. The van der Waals surface area contributed by atoms with Gasteiger partial charge in [0.05, 0.1) is 19.2 Å². The predicted octanol–water partition coefficient (Wildman–Crippen LogP) is 4.37. The lowest BCUT2D eigenvalue weighted by molar-refractivity contribution is -0.115. The van der Waals surface area contributed by atoms with Gasteiger partial charge in [0.15, 0.2) is 5.13 Å². The summed E-state index contributed by atoms with van der Waals surface area (Å²) in [5, 5.41) is 7.39. The molecule has 0 unspecified atom stereocenters. The number of thiazole rings is 1. The highest BCUT2D eigenvalue weighted by molar-refractivity contribution is 7.14. The summed E-state index contributed by atoms with van der Waals surface area (Å²) in [6, 6.07) is 9.83. The zero-order chi connectivity index (χ0) is 16.2. The Kier molecular flexibility index (Phi) is 4.73. The van der Waals surface area contributed by atoms with Gasteiger partial charge in [-0.2, -0.15) is 0 Å². The van der Waals surface area contributed by atoms with Crippen LogP contribution in [-0.2, 0) is 11.2 Å². The second-order valence-corrected chi connectivity index (χ2v) is 6.92. The van der Waals surface area contributed by atoms with Crippen molar-refractivity contribution in [1.82, 2.24) is 4.98 Å². The van der Waals surface area contributed by atoms with Gasteiger partial charge in [-0.05, 0) is 42.1 Å². The molecule has 0 saturated heterocycles. The van der Waals surface area contributed by atoms with Crippen molar-refractivity contribution in [3.05, 3.63) is 51.5 Å². The average Bonchev–Trinajstić information content (AvgIpc) is 3.19. The van der Waals surface area contributed by atoms with E-state index in [0.29, 0.717) is 11.6 Å². The van der Waals surface area contributed by atoms with Gasteiger partial charge in [-0.1, -0.05) is 6.07 Å². The summed E-state index contributed by atoms with van der Waals surface area (Å²) in [5.41, 5.74) is 2.92. The topological polar surface area (TPSA) is 51.2 Å². The number of hydrogen-bond acceptors (Lipinski definition) is 5. The van der Waals surface area contributed by atoms with Crippen LogP contribution in [0.3, 0.4) is 0 Å². The maximum absolute atomic E-state index is 12.0. The van der Waals surface area contributed by atoms with Crippen molar-refractivity contribution in [2.24, 2.45) is 0 Å². The number of thiophene rings is 1. The maximum atomic E-state index is 12.0. The number of benzene rings is 1. The molecule has 0 aliphatic carbocycles. The van der Waals surface area contributed by atoms with Gasteiger partial charge in [0.1, 0.15) is 5.75 Å². The van der Waals surface area contributed by atoms with Crippen molar-refractivity contribution < 1.29 is 9.53 Å². The Balaban J connectivity index is 1.70. The van der Waals surface area contributed by atoms with E-state index in [2.05, 4.69) is 10.3 Å². The molecular weight excluding hydrogens is 328 g/mol. The third kappa shape index (κ3) is 3.78. The van der Waals surface area contributed by atoms with E-state index < -0.39 is 0 Å². The number of anilines is 1. The van der Waals surface area contributed by atoms with Gasteiger partial charge in [0.25, 0.3) is 0 Å². The molecule has 0 radical (unpaired) electrons. The Hall–Kier alpha value is -2.18. The molecule has 1 amide bonds. The van der Waals surface area contributed by atoms with Gasteiger partial charge in [-0.3, -0.25) is 4.79 Å². The lowest BCUT2D eigenvalue weighted by Crippen LogP contribution is -2.13. The van der Waals surface area contributed by atoms with E-state index in [-0.39, 0.29) is 5.91 Å². The first-order chi connectivity index (χ1) is 11.2. The molecule has 0 bridgehead atoms. The Bertz CT molecular complexity index is 810. The lowest BCUT2D eigenvalue weighted by atomic mass is 10.1. The second kappa shape index (κ2) is 6.93. The van der Waals surface area contributed by atoms with E-state index in [1.165, 1.54) is 11.3 Å². The fraction of sp³-hybridized carbons (Fsp3) is 0.176. The molecule has 2 heterocycles. The second-order valence-electron chi connectivity index (χ2n) is 5.03. The van der Waals surface area contributed by atoms with E-state index >= 15 is 0 Å². The minimum atomic E-state index is -0.0424. The van der Waals surface area contributed by atoms with Crippen LogP contribution in [-0.4, -0.2) is 18.0 Å². The summed E-state index contributed by atoms with van der Waals surface area (Å²) in [5.74, 6) is 0.813. The van der Waals surface area contributed by atoms with E-state index in [0.717, 1.165) is 27.4 Å². The van der Waals surface area contributed by atoms with Crippen LogP contribution in [0.4, 0.5) is 5.13 Å². The molecule has 23 heavy (non-hydrogen) atoms. The van der Waals surface area contributed by atoms with E-state index in [1.54, 1.807) is 18.4 Å². The molecule has 3 rings (SSSR count). The first-order valence-electron chi connectivity index (χ1n) is 7.08. The van der Waals surface area contributed by atoms with Gasteiger partial charge in [-0.15, -0.1) is 22.7 Å². The number of aromatic nitrogens is 1. The quantitative estimate of drug-likeness (QED) is 0.748. The van der Waals surface area contributed by atoms with Crippen LogP contribution in [0.5, 0.6) is 5.75 Å². The minimum absolute atomic E-state index is 0.0424. The van der Waals surface area contributed by atoms with Gasteiger partial charge in [-0.25, -0.2) is 4.98 Å². The van der Waals surface area contributed by atoms with E-state index in [9.17, 15) is 4.79 Å². The molecule has 2 aromatic heterocycles. The third-order valence-corrected chi connectivity index (χ3v) is 4.99. The number of carbonyl (C=O) groups is 1. The fourth-order valence-corrected chi connectivity index (χ4v) is 3.68. The molecule has 1 aromatic carbocycles. The summed E-state index contributed by atoms with van der Waals surface area (Å²) >= 11 is 3.01. The molecule has 118 valence electrons. The highest BCUT2D eigenvalue weighted by Gasteiger charge is 2.10. The van der Waals surface area contributed by atoms with Crippen molar-refractivity contribution in [2.45, 2.75) is 13.3 Å². The Morgan fingerprint density at radius 1 is 1.30 bits per heavy atom. The summed E-state index contributed by atoms with van der Waals surface area (Å²) in [7, 11) is 1.66. The highest BCUT2D eigenvalue weighted by atomic mass is 32.1. The molecule has 4 nitrogen and oxygen atoms in total. The summed E-state index contributed by atoms with van der Waals surface area (Å²) < 4.78 is 5.27. The van der Waals surface area contributed by atoms with E-state index in [1.807, 2.05) is 48.0 Å². The van der Waals surface area contributed by atoms with Crippen LogP contribution in [0, 0.1) is 6.92 Å². The van der Waals surface area contributed by atoms with Gasteiger partial charge < -0.3 is 10.1 Å². The number of rotatable bonds is 5. The fourth-order valence-electron chi connectivity index (χ4n) is 2.24. The molecule has 0 spiro atoms. The largest absolute Gasteiger partial charge is 0.496 e. The van der Waals surface area contributed by atoms with Crippen LogP contribution in [0.25, 0.3) is 11.3 Å². The third-order valence-electron chi connectivity index (χ3n) is 3.36. The standard InChI is InChI=1S/C17H16N2O2S2/c1-11-8-12(5-6-15(11)21-2)14-10-23-17(18-14)19-16(20)9-13-4-3-7-22-13/h3-8,10H,9H2,1-2H3,(H,18,19,20). The highest BCUT2D eigenvalue weighted by Crippen LogP contribution is 2.28. The van der Waals surface area contributed by atoms with Crippen molar-refractivity contribution in [2.75, 3.05) is 12.4 Å². The molecule has 0 atom stereocenters. The molecule has 0 saturated carbocycles. The van der Waals surface area contributed by atoms with Crippen molar-refractivity contribution in [1.29, 1.82) is 0 Å². The monoisotopic (exact) mass is 344 g/mol.